The van der Waals surface area contributed by atoms with Crippen molar-refractivity contribution in [3.05, 3.63) is 78.4 Å². The van der Waals surface area contributed by atoms with Gasteiger partial charge in [-0.2, -0.15) is 0 Å². The van der Waals surface area contributed by atoms with E-state index in [1.54, 1.807) is 7.11 Å². The van der Waals surface area contributed by atoms with Crippen molar-refractivity contribution in [1.82, 2.24) is 14.5 Å². The first kappa shape index (κ1) is 18.3. The van der Waals surface area contributed by atoms with E-state index in [-0.39, 0.29) is 12.1 Å². The summed E-state index contributed by atoms with van der Waals surface area (Å²) in [6.07, 6.45) is 5.10. The largest absolute Gasteiger partial charge is 0.497 e. The number of hydrogen-bond donors (Lipinski definition) is 0. The van der Waals surface area contributed by atoms with Crippen LogP contribution < -0.4 is 4.74 Å². The van der Waals surface area contributed by atoms with E-state index in [1.807, 2.05) is 36.2 Å². The van der Waals surface area contributed by atoms with Crippen molar-refractivity contribution in [2.24, 2.45) is 4.99 Å². The molecule has 0 unspecified atom stereocenters. The van der Waals surface area contributed by atoms with Gasteiger partial charge in [-0.15, -0.1) is 0 Å². The third-order valence-corrected chi connectivity index (χ3v) is 6.87. The quantitative estimate of drug-likeness (QED) is 0.609. The van der Waals surface area contributed by atoms with Gasteiger partial charge in [0.05, 0.1) is 12.8 Å². The van der Waals surface area contributed by atoms with E-state index in [9.17, 15) is 0 Å². The average molecular weight is 405 g/mol. The Kier molecular flexibility index (Phi) is 4.79. The lowest BCUT2D eigenvalue weighted by Gasteiger charge is -2.32. The highest BCUT2D eigenvalue weighted by molar-refractivity contribution is 8.14. The Bertz CT molecular complexity index is 1030. The molecule has 2 aliphatic heterocycles. The zero-order chi connectivity index (χ0) is 19.8. The van der Waals surface area contributed by atoms with E-state index in [0.29, 0.717) is 6.04 Å². The molecule has 3 aromatic rings. The van der Waals surface area contributed by atoms with Crippen molar-refractivity contribution in [2.45, 2.75) is 31.5 Å². The van der Waals surface area contributed by atoms with Crippen LogP contribution in [0, 0.1) is 0 Å². The molecule has 5 nitrogen and oxygen atoms in total. The molecule has 0 bridgehead atoms. The maximum Gasteiger partial charge on any atom is 0.160 e. The van der Waals surface area contributed by atoms with Crippen LogP contribution in [-0.4, -0.2) is 38.5 Å². The summed E-state index contributed by atoms with van der Waals surface area (Å²) < 4.78 is 7.71. The fourth-order valence-electron chi connectivity index (χ4n) is 4.30. The molecule has 3 atom stereocenters. The number of benzene rings is 1. The number of nitrogens with zero attached hydrogens (tertiary/aromatic N) is 4. The first-order valence-corrected chi connectivity index (χ1v) is 11.0. The summed E-state index contributed by atoms with van der Waals surface area (Å²) in [6, 6.07) is 19.3. The number of thioether (sulfide) groups is 1. The maximum absolute atomic E-state index is 5.45. The van der Waals surface area contributed by atoms with E-state index >= 15 is 0 Å². The van der Waals surface area contributed by atoms with E-state index in [2.05, 4.69) is 64.0 Å². The minimum absolute atomic E-state index is 0.00712. The van der Waals surface area contributed by atoms with Crippen molar-refractivity contribution in [3.8, 4) is 11.4 Å². The van der Waals surface area contributed by atoms with E-state index in [0.717, 1.165) is 34.5 Å². The van der Waals surface area contributed by atoms with Gasteiger partial charge >= 0.3 is 0 Å². The molecular weight excluding hydrogens is 380 g/mol. The summed E-state index contributed by atoms with van der Waals surface area (Å²) in [5.41, 5.74) is 3.35. The van der Waals surface area contributed by atoms with Crippen molar-refractivity contribution >= 4 is 16.9 Å². The second-order valence-electron chi connectivity index (χ2n) is 7.34. The Labute approximate surface area is 175 Å². The fraction of sp³-hybridized carbons (Fsp3) is 0.304. The summed E-state index contributed by atoms with van der Waals surface area (Å²) in [6.45, 7) is 2.26. The van der Waals surface area contributed by atoms with Crippen molar-refractivity contribution in [1.29, 1.82) is 0 Å². The first-order chi connectivity index (χ1) is 14.3. The van der Waals surface area contributed by atoms with Crippen LogP contribution in [0.2, 0.25) is 0 Å². The van der Waals surface area contributed by atoms with Crippen molar-refractivity contribution in [2.75, 3.05) is 12.9 Å². The number of methoxy groups -OCH3 is 1. The molecule has 0 spiro atoms. The smallest absolute Gasteiger partial charge is 0.160 e. The van der Waals surface area contributed by atoms with Gasteiger partial charge in [-0.05, 0) is 42.8 Å². The molecule has 0 saturated carbocycles. The molecule has 0 amide bonds. The van der Waals surface area contributed by atoms with Crippen LogP contribution in [-0.2, 0) is 0 Å². The van der Waals surface area contributed by atoms with Gasteiger partial charge in [-0.1, -0.05) is 30.8 Å². The van der Waals surface area contributed by atoms with Crippen LogP contribution in [0.5, 0.6) is 5.75 Å². The predicted octanol–water partition coefficient (Wildman–Crippen LogP) is 4.86. The standard InChI is InChI=1S/C23H24N4OS/c1-3-16-15-29-23-25-21(19-10-4-5-12-24-19)22(27(16)23)20-11-7-13-26(20)17-8-6-9-18(14-17)28-2/h4-14,16,21-22H,3,15H2,1-2H3/t16-,21-,22-/m1/s1. The van der Waals surface area contributed by atoms with Crippen LogP contribution in [0.4, 0.5) is 0 Å². The summed E-state index contributed by atoms with van der Waals surface area (Å²) in [4.78, 5) is 12.3. The third-order valence-electron chi connectivity index (χ3n) is 5.74. The summed E-state index contributed by atoms with van der Waals surface area (Å²) >= 11 is 1.87. The highest BCUT2D eigenvalue weighted by atomic mass is 32.2. The Morgan fingerprint density at radius 2 is 2.07 bits per heavy atom. The number of hydrogen-bond acceptors (Lipinski definition) is 5. The lowest BCUT2D eigenvalue weighted by atomic mass is 9.99. The number of amidine groups is 1. The molecule has 29 heavy (non-hydrogen) atoms. The first-order valence-electron chi connectivity index (χ1n) is 10.0. The summed E-state index contributed by atoms with van der Waals surface area (Å²) in [5.74, 6) is 1.95. The maximum atomic E-state index is 5.45. The Hall–Kier alpha value is -2.73. The van der Waals surface area contributed by atoms with E-state index in [1.165, 1.54) is 5.69 Å². The zero-order valence-corrected chi connectivity index (χ0v) is 17.4. The van der Waals surface area contributed by atoms with Crippen molar-refractivity contribution < 1.29 is 4.74 Å². The van der Waals surface area contributed by atoms with Crippen LogP contribution in [0.1, 0.15) is 36.8 Å². The van der Waals surface area contributed by atoms with Gasteiger partial charge in [-0.3, -0.25) is 9.98 Å². The van der Waals surface area contributed by atoms with Gasteiger partial charge in [0.15, 0.2) is 5.17 Å². The minimum Gasteiger partial charge on any atom is -0.497 e. The molecule has 1 fully saturated rings. The molecular formula is C23H24N4OS. The van der Waals surface area contributed by atoms with Crippen LogP contribution in [0.15, 0.2) is 72.0 Å². The minimum atomic E-state index is -0.00712. The second-order valence-corrected chi connectivity index (χ2v) is 8.33. The highest BCUT2D eigenvalue weighted by Crippen LogP contribution is 2.48. The lowest BCUT2D eigenvalue weighted by molar-refractivity contribution is 0.249. The number of aliphatic imine (C=N–C) groups is 1. The molecule has 148 valence electrons. The molecule has 4 heterocycles. The molecule has 5 rings (SSSR count). The van der Waals surface area contributed by atoms with E-state index < -0.39 is 0 Å². The van der Waals surface area contributed by atoms with Gasteiger partial charge in [0.1, 0.15) is 17.8 Å². The number of ether oxygens (including phenoxy) is 1. The Balaban J connectivity index is 1.62. The van der Waals surface area contributed by atoms with Gasteiger partial charge in [0.2, 0.25) is 0 Å². The molecule has 2 aromatic heterocycles. The van der Waals surface area contributed by atoms with Gasteiger partial charge in [0, 0.05) is 41.6 Å². The topological polar surface area (TPSA) is 42.6 Å². The molecule has 1 saturated heterocycles. The number of aromatic nitrogens is 2. The van der Waals surface area contributed by atoms with Crippen LogP contribution >= 0.6 is 11.8 Å². The molecule has 0 radical (unpaired) electrons. The highest BCUT2D eigenvalue weighted by Gasteiger charge is 2.46. The molecule has 0 N–H and O–H groups in total. The molecule has 2 aliphatic rings. The lowest BCUT2D eigenvalue weighted by Crippen LogP contribution is -2.36. The Morgan fingerprint density at radius 3 is 2.86 bits per heavy atom. The van der Waals surface area contributed by atoms with Crippen LogP contribution in [0.3, 0.4) is 0 Å². The Morgan fingerprint density at radius 1 is 1.14 bits per heavy atom. The van der Waals surface area contributed by atoms with E-state index in [4.69, 9.17) is 9.73 Å². The number of rotatable bonds is 5. The van der Waals surface area contributed by atoms with Crippen molar-refractivity contribution in [3.63, 3.8) is 0 Å². The summed E-state index contributed by atoms with van der Waals surface area (Å²) in [5, 5.41) is 1.15. The SMILES string of the molecule is CC[C@@H]1CSC2=N[C@H](c3ccccn3)[C@@H](c3cccn3-c3cccc(OC)c3)N21. The third kappa shape index (κ3) is 3.12. The van der Waals surface area contributed by atoms with Gasteiger partial charge in [0.25, 0.3) is 0 Å². The second kappa shape index (κ2) is 7.59. The number of pyridine rings is 1. The predicted molar refractivity (Wildman–Crippen MR) is 118 cm³/mol. The number of fused-ring (bicyclic) bond motifs is 1. The summed E-state index contributed by atoms with van der Waals surface area (Å²) in [7, 11) is 1.71. The van der Waals surface area contributed by atoms with Gasteiger partial charge in [-0.25, -0.2) is 0 Å². The zero-order valence-electron chi connectivity index (χ0n) is 16.6. The molecule has 1 aromatic carbocycles. The molecule has 6 heteroatoms. The molecule has 0 aliphatic carbocycles. The fourth-order valence-corrected chi connectivity index (χ4v) is 5.64. The average Bonchev–Trinajstić information content (AvgIpc) is 3.49. The van der Waals surface area contributed by atoms with Gasteiger partial charge < -0.3 is 14.2 Å². The monoisotopic (exact) mass is 404 g/mol. The normalized spacial score (nSPS) is 23.2. The van der Waals surface area contributed by atoms with Crippen LogP contribution in [0.25, 0.3) is 5.69 Å².